The van der Waals surface area contributed by atoms with Crippen molar-refractivity contribution in [1.82, 2.24) is 5.32 Å². The molecular weight excluding hydrogens is 254 g/mol. The third kappa shape index (κ3) is 3.10. The number of hydrogen-bond acceptors (Lipinski definition) is 4. The van der Waals surface area contributed by atoms with Gasteiger partial charge in [0.2, 0.25) is 0 Å². The molecule has 2 aromatic rings. The number of nitrogens with one attached hydrogen (secondary N) is 1. The van der Waals surface area contributed by atoms with Gasteiger partial charge in [-0.25, -0.2) is 0 Å². The molecule has 2 rings (SSSR count). The summed E-state index contributed by atoms with van der Waals surface area (Å²) in [5, 5.41) is 7.92. The van der Waals surface area contributed by atoms with Crippen LogP contribution in [0.3, 0.4) is 0 Å². The van der Waals surface area contributed by atoms with Gasteiger partial charge in [-0.15, -0.1) is 22.7 Å². The molecule has 0 fully saturated rings. The molecule has 0 aliphatic rings. The summed E-state index contributed by atoms with van der Waals surface area (Å²) in [6.45, 7) is 1.06. The maximum absolute atomic E-state index is 3.63. The van der Waals surface area contributed by atoms with Crippen LogP contribution in [-0.4, -0.2) is 18.6 Å². The SMILES string of the molecule is CSCCNC(c1cccs1)c1cccs1. The molecule has 2 heterocycles. The molecule has 16 heavy (non-hydrogen) atoms. The zero-order valence-corrected chi connectivity index (χ0v) is 11.6. The number of rotatable bonds is 6. The van der Waals surface area contributed by atoms with Gasteiger partial charge in [-0.1, -0.05) is 12.1 Å². The van der Waals surface area contributed by atoms with Gasteiger partial charge in [0.15, 0.2) is 0 Å². The van der Waals surface area contributed by atoms with Crippen molar-refractivity contribution >= 4 is 34.4 Å². The van der Waals surface area contributed by atoms with E-state index in [-0.39, 0.29) is 0 Å². The molecule has 86 valence electrons. The Morgan fingerprint density at radius 3 is 2.25 bits per heavy atom. The van der Waals surface area contributed by atoms with Gasteiger partial charge in [0, 0.05) is 22.1 Å². The van der Waals surface area contributed by atoms with E-state index >= 15 is 0 Å². The van der Waals surface area contributed by atoms with E-state index in [1.54, 1.807) is 0 Å². The summed E-state index contributed by atoms with van der Waals surface area (Å²) in [6, 6.07) is 9.04. The van der Waals surface area contributed by atoms with E-state index in [0.29, 0.717) is 6.04 Å². The van der Waals surface area contributed by atoms with Crippen molar-refractivity contribution in [2.75, 3.05) is 18.6 Å². The lowest BCUT2D eigenvalue weighted by atomic mass is 10.2. The van der Waals surface area contributed by atoms with Gasteiger partial charge in [0.25, 0.3) is 0 Å². The van der Waals surface area contributed by atoms with E-state index in [1.807, 2.05) is 34.4 Å². The molecule has 1 N–H and O–H groups in total. The zero-order chi connectivity index (χ0) is 11.2. The average Bonchev–Trinajstić information content (AvgIpc) is 2.97. The summed E-state index contributed by atoms with van der Waals surface area (Å²) >= 11 is 5.53. The first-order valence-corrected chi connectivity index (χ1v) is 8.36. The van der Waals surface area contributed by atoms with Crippen molar-refractivity contribution in [3.63, 3.8) is 0 Å². The van der Waals surface area contributed by atoms with Crippen LogP contribution in [0.5, 0.6) is 0 Å². The van der Waals surface area contributed by atoms with Crippen molar-refractivity contribution in [2.45, 2.75) is 6.04 Å². The van der Waals surface area contributed by atoms with Gasteiger partial charge in [0.05, 0.1) is 6.04 Å². The van der Waals surface area contributed by atoms with Gasteiger partial charge in [0.1, 0.15) is 0 Å². The molecule has 0 aromatic carbocycles. The summed E-state index contributed by atoms with van der Waals surface area (Å²) < 4.78 is 0. The summed E-state index contributed by atoms with van der Waals surface area (Å²) in [7, 11) is 0. The number of thiophene rings is 2. The average molecular weight is 269 g/mol. The molecule has 0 saturated heterocycles. The highest BCUT2D eigenvalue weighted by molar-refractivity contribution is 7.98. The van der Waals surface area contributed by atoms with Crippen LogP contribution < -0.4 is 5.32 Å². The molecule has 2 aromatic heterocycles. The second kappa shape index (κ2) is 6.45. The lowest BCUT2D eigenvalue weighted by molar-refractivity contribution is 0.653. The van der Waals surface area contributed by atoms with Crippen LogP contribution in [0.2, 0.25) is 0 Å². The molecule has 0 bridgehead atoms. The Bertz CT molecular complexity index is 346. The Morgan fingerprint density at radius 2 is 1.81 bits per heavy atom. The highest BCUT2D eigenvalue weighted by atomic mass is 32.2. The number of thioether (sulfide) groups is 1. The van der Waals surface area contributed by atoms with Crippen molar-refractivity contribution in [2.24, 2.45) is 0 Å². The second-order valence-corrected chi connectivity index (χ2v) is 6.35. The maximum Gasteiger partial charge on any atom is 0.0765 e. The third-order valence-corrected chi connectivity index (χ3v) is 4.80. The molecule has 4 heteroatoms. The van der Waals surface area contributed by atoms with Crippen LogP contribution in [0.25, 0.3) is 0 Å². The minimum atomic E-state index is 0.382. The van der Waals surface area contributed by atoms with Gasteiger partial charge >= 0.3 is 0 Å². The highest BCUT2D eigenvalue weighted by Crippen LogP contribution is 2.28. The lowest BCUT2D eigenvalue weighted by Crippen LogP contribution is -2.23. The predicted octanol–water partition coefficient (Wildman–Crippen LogP) is 3.85. The fraction of sp³-hybridized carbons (Fsp3) is 0.333. The van der Waals surface area contributed by atoms with Crippen LogP contribution >= 0.6 is 34.4 Å². The zero-order valence-electron chi connectivity index (χ0n) is 9.18. The fourth-order valence-corrected chi connectivity index (χ4v) is 3.59. The normalized spacial score (nSPS) is 11.1. The minimum absolute atomic E-state index is 0.382. The van der Waals surface area contributed by atoms with Crippen molar-refractivity contribution in [1.29, 1.82) is 0 Å². The van der Waals surface area contributed by atoms with E-state index < -0.39 is 0 Å². The topological polar surface area (TPSA) is 12.0 Å². The molecule has 0 amide bonds. The quantitative estimate of drug-likeness (QED) is 0.799. The smallest absolute Gasteiger partial charge is 0.0765 e. The maximum atomic E-state index is 3.63. The number of hydrogen-bond donors (Lipinski definition) is 1. The van der Waals surface area contributed by atoms with Gasteiger partial charge < -0.3 is 5.32 Å². The first kappa shape index (κ1) is 12.2. The van der Waals surface area contributed by atoms with E-state index in [4.69, 9.17) is 0 Å². The largest absolute Gasteiger partial charge is 0.304 e. The third-order valence-electron chi connectivity index (χ3n) is 2.31. The Balaban J connectivity index is 2.08. The molecule has 0 aliphatic heterocycles. The van der Waals surface area contributed by atoms with E-state index in [0.717, 1.165) is 12.3 Å². The second-order valence-electron chi connectivity index (χ2n) is 3.41. The van der Waals surface area contributed by atoms with E-state index in [9.17, 15) is 0 Å². The van der Waals surface area contributed by atoms with Gasteiger partial charge in [-0.3, -0.25) is 0 Å². The van der Waals surface area contributed by atoms with Gasteiger partial charge in [-0.2, -0.15) is 11.8 Å². The molecular formula is C12H15NS3. The summed E-state index contributed by atoms with van der Waals surface area (Å²) in [5.41, 5.74) is 0. The summed E-state index contributed by atoms with van der Waals surface area (Å²) in [5.74, 6) is 1.16. The highest BCUT2D eigenvalue weighted by Gasteiger charge is 2.14. The van der Waals surface area contributed by atoms with Gasteiger partial charge in [-0.05, 0) is 29.1 Å². The van der Waals surface area contributed by atoms with Crippen LogP contribution in [-0.2, 0) is 0 Å². The molecule has 0 unspecified atom stereocenters. The van der Waals surface area contributed by atoms with Crippen molar-refractivity contribution in [3.05, 3.63) is 44.8 Å². The Labute approximate surface area is 109 Å². The Morgan fingerprint density at radius 1 is 1.19 bits per heavy atom. The Kier molecular flexibility index (Phi) is 4.91. The van der Waals surface area contributed by atoms with Crippen molar-refractivity contribution < 1.29 is 0 Å². The standard InChI is InChI=1S/C12H15NS3/c1-14-9-6-13-12(10-4-2-7-15-10)11-5-3-8-16-11/h2-5,7-8,12-13H,6,9H2,1H3. The lowest BCUT2D eigenvalue weighted by Gasteiger charge is -2.15. The summed E-state index contributed by atoms with van der Waals surface area (Å²) in [4.78, 5) is 2.81. The van der Waals surface area contributed by atoms with Crippen molar-refractivity contribution in [3.8, 4) is 0 Å². The molecule has 0 aliphatic carbocycles. The monoisotopic (exact) mass is 269 g/mol. The molecule has 0 spiro atoms. The Hall–Kier alpha value is -0.290. The first-order chi connectivity index (χ1) is 7.92. The fourth-order valence-electron chi connectivity index (χ4n) is 1.56. The molecule has 0 saturated carbocycles. The molecule has 0 atom stereocenters. The minimum Gasteiger partial charge on any atom is -0.304 e. The molecule has 1 nitrogen and oxygen atoms in total. The predicted molar refractivity (Wildman–Crippen MR) is 76.9 cm³/mol. The van der Waals surface area contributed by atoms with Crippen LogP contribution in [0.4, 0.5) is 0 Å². The molecule has 0 radical (unpaired) electrons. The van der Waals surface area contributed by atoms with E-state index in [1.165, 1.54) is 9.75 Å². The van der Waals surface area contributed by atoms with E-state index in [2.05, 4.69) is 46.6 Å². The summed E-state index contributed by atoms with van der Waals surface area (Å²) in [6.07, 6.45) is 2.15. The van der Waals surface area contributed by atoms with Crippen LogP contribution in [0.15, 0.2) is 35.0 Å². The van der Waals surface area contributed by atoms with Crippen LogP contribution in [0, 0.1) is 0 Å². The first-order valence-electron chi connectivity index (χ1n) is 5.21. The van der Waals surface area contributed by atoms with Crippen LogP contribution in [0.1, 0.15) is 15.8 Å².